The van der Waals surface area contributed by atoms with E-state index >= 15 is 0 Å². The van der Waals surface area contributed by atoms with Gasteiger partial charge in [-0.2, -0.15) is 19.7 Å². The van der Waals surface area contributed by atoms with Crippen molar-refractivity contribution in [3.63, 3.8) is 0 Å². The number of aliphatic hydroxyl groups is 3. The topological polar surface area (TPSA) is 154 Å². The average molecular weight is 387 g/mol. The number of rotatable bonds is 6. The summed E-state index contributed by atoms with van der Waals surface area (Å²) in [5.41, 5.74) is 6.88. The number of nitrogens with one attached hydrogen (secondary N) is 2. The molecule has 150 valence electrons. The first-order chi connectivity index (χ1) is 13.0. The van der Waals surface area contributed by atoms with Crippen molar-refractivity contribution in [2.24, 2.45) is 5.73 Å². The van der Waals surface area contributed by atoms with Crippen LogP contribution in [0.2, 0.25) is 0 Å². The normalized spacial score (nSPS) is 13.5. The van der Waals surface area contributed by atoms with Crippen molar-refractivity contribution in [2.45, 2.75) is 38.4 Å². The van der Waals surface area contributed by atoms with Crippen LogP contribution in [0.5, 0.6) is 0 Å². The second-order valence-corrected chi connectivity index (χ2v) is 7.56. The molecule has 2 heterocycles. The predicted octanol–water partition coefficient (Wildman–Crippen LogP) is 0.693. The van der Waals surface area contributed by atoms with E-state index in [1.807, 2.05) is 51.1 Å². The first-order valence-corrected chi connectivity index (χ1v) is 8.80. The molecule has 0 saturated heterocycles. The molecule has 28 heavy (non-hydrogen) atoms. The number of benzene rings is 1. The molecule has 7 N–H and O–H groups in total. The number of aromatic nitrogens is 4. The fourth-order valence-electron chi connectivity index (χ4n) is 2.68. The van der Waals surface area contributed by atoms with Crippen molar-refractivity contribution in [1.29, 1.82) is 0 Å². The highest BCUT2D eigenvalue weighted by Crippen LogP contribution is 2.26. The molecule has 0 bridgehead atoms. The van der Waals surface area contributed by atoms with Crippen LogP contribution in [0.15, 0.2) is 36.5 Å². The number of nitrogens with zero attached hydrogens (tertiary/aromatic N) is 4. The lowest BCUT2D eigenvalue weighted by Gasteiger charge is -2.22. The van der Waals surface area contributed by atoms with E-state index < -0.39 is 6.10 Å². The van der Waals surface area contributed by atoms with Gasteiger partial charge in [-0.3, -0.25) is 0 Å². The summed E-state index contributed by atoms with van der Waals surface area (Å²) in [5.74, 6) is 0.639. The minimum atomic E-state index is -3.19. The summed E-state index contributed by atoms with van der Waals surface area (Å²) in [6.45, 7) is 6.22. The molecule has 0 amide bonds. The van der Waals surface area contributed by atoms with Crippen LogP contribution in [0.1, 0.15) is 32.4 Å². The molecule has 10 nitrogen and oxygen atoms in total. The lowest BCUT2D eigenvalue weighted by molar-refractivity contribution is -0.378. The maximum absolute atomic E-state index is 9.55. The molecule has 1 atom stereocenters. The Balaban J connectivity index is 1.95. The van der Waals surface area contributed by atoms with Gasteiger partial charge < -0.3 is 31.7 Å². The molecule has 10 heteroatoms. The van der Waals surface area contributed by atoms with E-state index in [4.69, 9.17) is 5.73 Å². The van der Waals surface area contributed by atoms with E-state index in [9.17, 15) is 15.3 Å². The Bertz CT molecular complexity index is 945. The van der Waals surface area contributed by atoms with Crippen molar-refractivity contribution >= 4 is 22.8 Å². The van der Waals surface area contributed by atoms with E-state index in [0.717, 1.165) is 5.56 Å². The van der Waals surface area contributed by atoms with Gasteiger partial charge in [0.2, 0.25) is 5.95 Å². The first-order valence-electron chi connectivity index (χ1n) is 8.80. The molecule has 0 fully saturated rings. The van der Waals surface area contributed by atoms with Crippen molar-refractivity contribution in [3.8, 4) is 0 Å². The van der Waals surface area contributed by atoms with Crippen molar-refractivity contribution < 1.29 is 15.3 Å². The molecule has 2 aromatic heterocycles. The number of fused-ring (bicyclic) bond motifs is 1. The lowest BCUT2D eigenvalue weighted by Crippen LogP contribution is -2.33. The SMILES string of the molecule is CC(C)(C)Nc1nc(NCC(N)c2ccccc2)nc2c1cnn2C(O)(O)O. The van der Waals surface area contributed by atoms with Crippen LogP contribution in [0, 0.1) is 0 Å². The Kier molecular flexibility index (Phi) is 5.22. The molecule has 1 aromatic carbocycles. The van der Waals surface area contributed by atoms with Gasteiger partial charge >= 0.3 is 6.10 Å². The van der Waals surface area contributed by atoms with Crippen LogP contribution in [0.4, 0.5) is 11.8 Å². The molecule has 3 aromatic rings. The first kappa shape index (κ1) is 20.0. The Hall–Kier alpha value is -2.79. The standard InChI is InChI=1S/C18H25N7O3/c1-17(2,3)24-14-12-9-21-25(18(26,27)28)15(12)23-16(22-14)20-10-13(19)11-7-5-4-6-8-11/h4-9,13,26-28H,10,19H2,1-3H3,(H2,20,22,23,24). The van der Waals surface area contributed by atoms with Gasteiger partial charge in [0.1, 0.15) is 5.82 Å². The molecule has 3 rings (SSSR count). The summed E-state index contributed by atoms with van der Waals surface area (Å²) in [7, 11) is 0. The van der Waals surface area contributed by atoms with Crippen LogP contribution in [0.25, 0.3) is 11.0 Å². The zero-order valence-corrected chi connectivity index (χ0v) is 16.0. The number of hydrogen-bond acceptors (Lipinski definition) is 9. The third-order valence-corrected chi connectivity index (χ3v) is 3.91. The van der Waals surface area contributed by atoms with Gasteiger partial charge in [-0.25, -0.2) is 0 Å². The maximum atomic E-state index is 9.55. The van der Waals surface area contributed by atoms with E-state index in [-0.39, 0.29) is 23.2 Å². The monoisotopic (exact) mass is 387 g/mol. The van der Waals surface area contributed by atoms with Gasteiger partial charge in [-0.1, -0.05) is 30.3 Å². The summed E-state index contributed by atoms with van der Waals surface area (Å²) in [5, 5.41) is 39.2. The maximum Gasteiger partial charge on any atom is 0.390 e. The molecule has 0 spiro atoms. The third-order valence-electron chi connectivity index (χ3n) is 3.91. The Morgan fingerprint density at radius 2 is 1.79 bits per heavy atom. The molecule has 0 saturated carbocycles. The number of hydrogen-bond donors (Lipinski definition) is 6. The van der Waals surface area contributed by atoms with E-state index in [2.05, 4.69) is 25.7 Å². The Morgan fingerprint density at radius 3 is 2.39 bits per heavy atom. The molecule has 0 aliphatic rings. The number of anilines is 2. The summed E-state index contributed by atoms with van der Waals surface area (Å²) >= 11 is 0. The van der Waals surface area contributed by atoms with Crippen molar-refractivity contribution in [3.05, 3.63) is 42.1 Å². The predicted molar refractivity (Wildman–Crippen MR) is 105 cm³/mol. The highest BCUT2D eigenvalue weighted by Gasteiger charge is 2.28. The zero-order valence-electron chi connectivity index (χ0n) is 16.0. The average Bonchev–Trinajstić information content (AvgIpc) is 3.04. The lowest BCUT2D eigenvalue weighted by atomic mass is 10.1. The Morgan fingerprint density at radius 1 is 1.11 bits per heavy atom. The fourth-order valence-corrected chi connectivity index (χ4v) is 2.68. The van der Waals surface area contributed by atoms with E-state index in [1.54, 1.807) is 0 Å². The van der Waals surface area contributed by atoms with E-state index in [0.29, 0.717) is 22.4 Å². The minimum Gasteiger partial charge on any atom is -0.365 e. The number of nitrogens with two attached hydrogens (primary N) is 1. The van der Waals surface area contributed by atoms with E-state index in [1.165, 1.54) is 6.20 Å². The largest absolute Gasteiger partial charge is 0.390 e. The summed E-state index contributed by atoms with van der Waals surface area (Å²) in [6.07, 6.45) is -1.84. The molecular weight excluding hydrogens is 362 g/mol. The van der Waals surface area contributed by atoms with Crippen LogP contribution in [0.3, 0.4) is 0 Å². The van der Waals surface area contributed by atoms with Crippen LogP contribution in [-0.2, 0) is 6.10 Å². The minimum absolute atomic E-state index is 0.0463. The fraction of sp³-hybridized carbons (Fsp3) is 0.389. The van der Waals surface area contributed by atoms with Crippen LogP contribution < -0.4 is 16.4 Å². The third kappa shape index (κ3) is 4.54. The second kappa shape index (κ2) is 7.32. The van der Waals surface area contributed by atoms with Crippen molar-refractivity contribution in [1.82, 2.24) is 19.7 Å². The summed E-state index contributed by atoms with van der Waals surface area (Å²) in [6, 6.07) is 9.29. The molecule has 0 radical (unpaired) electrons. The summed E-state index contributed by atoms with van der Waals surface area (Å²) < 4.78 is 0.597. The smallest absolute Gasteiger partial charge is 0.365 e. The van der Waals surface area contributed by atoms with Gasteiger partial charge in [0.15, 0.2) is 5.65 Å². The Labute approximate surface area is 162 Å². The molecule has 1 unspecified atom stereocenters. The van der Waals surface area contributed by atoms with Gasteiger partial charge in [-0.15, -0.1) is 0 Å². The molecule has 0 aliphatic heterocycles. The second-order valence-electron chi connectivity index (χ2n) is 7.56. The van der Waals surface area contributed by atoms with Crippen LogP contribution >= 0.6 is 0 Å². The molecular formula is C18H25N7O3. The van der Waals surface area contributed by atoms with Gasteiger partial charge in [0.25, 0.3) is 0 Å². The quantitative estimate of drug-likeness (QED) is 0.335. The van der Waals surface area contributed by atoms with Crippen molar-refractivity contribution in [2.75, 3.05) is 17.2 Å². The highest BCUT2D eigenvalue weighted by molar-refractivity contribution is 5.87. The van der Waals surface area contributed by atoms with Gasteiger partial charge in [-0.05, 0) is 26.3 Å². The summed E-state index contributed by atoms with van der Waals surface area (Å²) in [4.78, 5) is 8.72. The van der Waals surface area contributed by atoms with Crippen LogP contribution in [-0.4, -0.2) is 47.2 Å². The highest BCUT2D eigenvalue weighted by atomic mass is 16.7. The van der Waals surface area contributed by atoms with Gasteiger partial charge in [0.05, 0.1) is 11.6 Å². The van der Waals surface area contributed by atoms with Gasteiger partial charge in [0, 0.05) is 18.1 Å². The molecule has 0 aliphatic carbocycles. The zero-order chi connectivity index (χ0) is 20.5.